The molecule has 0 radical (unpaired) electrons. The molecule has 1 amide bonds. The molecule has 1 aliphatic heterocycles. The van der Waals surface area contributed by atoms with Crippen LogP contribution < -0.4 is 0 Å². The summed E-state index contributed by atoms with van der Waals surface area (Å²) in [6, 6.07) is 6.88. The van der Waals surface area contributed by atoms with Crippen molar-refractivity contribution in [3.63, 3.8) is 0 Å². The van der Waals surface area contributed by atoms with E-state index in [1.165, 1.54) is 0 Å². The number of nitriles is 1. The van der Waals surface area contributed by atoms with E-state index in [0.717, 1.165) is 10.5 Å². The molecule has 0 unspecified atom stereocenters. The van der Waals surface area contributed by atoms with Crippen LogP contribution in [0.2, 0.25) is 0 Å². The summed E-state index contributed by atoms with van der Waals surface area (Å²) >= 11 is 0. The highest BCUT2D eigenvalue weighted by molar-refractivity contribution is 5.82. The zero-order valence-corrected chi connectivity index (χ0v) is 9.29. The standard InChI is InChI=1S/C12H9F3N2O/c13-12(14,15)11(18)17-5-4-10-8(6-16)2-1-3-9(10)7-17/h1-3H,4-5,7H2. The second-order valence-corrected chi connectivity index (χ2v) is 4.03. The molecule has 0 aromatic heterocycles. The molecule has 3 nitrogen and oxygen atoms in total. The Balaban J connectivity index is 2.27. The molecule has 0 saturated carbocycles. The van der Waals surface area contributed by atoms with Gasteiger partial charge < -0.3 is 4.90 Å². The van der Waals surface area contributed by atoms with Gasteiger partial charge in [-0.05, 0) is 23.6 Å². The van der Waals surface area contributed by atoms with Crippen LogP contribution in [0.3, 0.4) is 0 Å². The Kier molecular flexibility index (Phi) is 2.99. The first kappa shape index (κ1) is 12.4. The van der Waals surface area contributed by atoms with Crippen LogP contribution >= 0.6 is 0 Å². The highest BCUT2D eigenvalue weighted by Gasteiger charge is 2.43. The van der Waals surface area contributed by atoms with Gasteiger partial charge >= 0.3 is 12.1 Å². The third kappa shape index (κ3) is 2.16. The van der Waals surface area contributed by atoms with Crippen LogP contribution in [0.5, 0.6) is 0 Å². The molecule has 1 aromatic carbocycles. The van der Waals surface area contributed by atoms with Crippen LogP contribution in [-0.4, -0.2) is 23.5 Å². The zero-order valence-electron chi connectivity index (χ0n) is 9.29. The van der Waals surface area contributed by atoms with Gasteiger partial charge in [0.2, 0.25) is 0 Å². The Hall–Kier alpha value is -2.03. The van der Waals surface area contributed by atoms with Crippen molar-refractivity contribution in [1.82, 2.24) is 4.90 Å². The molecule has 1 aromatic rings. The second kappa shape index (κ2) is 4.33. The van der Waals surface area contributed by atoms with Crippen LogP contribution in [0.4, 0.5) is 13.2 Å². The maximum Gasteiger partial charge on any atom is 0.471 e. The monoisotopic (exact) mass is 254 g/mol. The van der Waals surface area contributed by atoms with Crippen molar-refractivity contribution in [3.8, 4) is 6.07 Å². The number of carbonyl (C=O) groups excluding carboxylic acids is 1. The number of benzene rings is 1. The molecular formula is C12H9F3N2O. The fraction of sp³-hybridized carbons (Fsp3) is 0.333. The largest absolute Gasteiger partial charge is 0.471 e. The first-order valence-corrected chi connectivity index (χ1v) is 5.30. The van der Waals surface area contributed by atoms with Crippen LogP contribution in [0.25, 0.3) is 0 Å². The smallest absolute Gasteiger partial charge is 0.330 e. The average Bonchev–Trinajstić information content (AvgIpc) is 2.35. The van der Waals surface area contributed by atoms with E-state index in [1.54, 1.807) is 18.2 Å². The molecule has 18 heavy (non-hydrogen) atoms. The lowest BCUT2D eigenvalue weighted by Crippen LogP contribution is -2.43. The summed E-state index contributed by atoms with van der Waals surface area (Å²) in [4.78, 5) is 11.9. The first-order valence-electron chi connectivity index (χ1n) is 5.30. The van der Waals surface area contributed by atoms with Crippen LogP contribution in [0.1, 0.15) is 16.7 Å². The average molecular weight is 254 g/mol. The van der Waals surface area contributed by atoms with Gasteiger partial charge in [-0.25, -0.2) is 0 Å². The molecule has 0 N–H and O–H groups in total. The van der Waals surface area contributed by atoms with E-state index in [-0.39, 0.29) is 19.5 Å². The van der Waals surface area contributed by atoms with Crippen molar-refractivity contribution in [2.75, 3.05) is 6.54 Å². The van der Waals surface area contributed by atoms with Gasteiger partial charge in [0.15, 0.2) is 0 Å². The SMILES string of the molecule is N#Cc1cccc2c1CCN(C(=O)C(F)(F)F)C2. The number of fused-ring (bicyclic) bond motifs is 1. The molecule has 0 spiro atoms. The van der Waals surface area contributed by atoms with Crippen molar-refractivity contribution < 1.29 is 18.0 Å². The number of hydrogen-bond acceptors (Lipinski definition) is 2. The van der Waals surface area contributed by atoms with Crippen LogP contribution in [0, 0.1) is 11.3 Å². The summed E-state index contributed by atoms with van der Waals surface area (Å²) in [6.45, 7) is -0.104. The summed E-state index contributed by atoms with van der Waals surface area (Å²) in [5.41, 5.74) is 1.82. The maximum absolute atomic E-state index is 12.3. The summed E-state index contributed by atoms with van der Waals surface area (Å²) in [5, 5.41) is 8.89. The minimum Gasteiger partial charge on any atom is -0.330 e. The van der Waals surface area contributed by atoms with Crippen molar-refractivity contribution in [3.05, 3.63) is 34.9 Å². The number of alkyl halides is 3. The van der Waals surface area contributed by atoms with Gasteiger partial charge in [-0.1, -0.05) is 12.1 Å². The van der Waals surface area contributed by atoms with Gasteiger partial charge in [0.1, 0.15) is 0 Å². The zero-order chi connectivity index (χ0) is 13.3. The van der Waals surface area contributed by atoms with E-state index in [0.29, 0.717) is 11.1 Å². The molecule has 0 saturated heterocycles. The van der Waals surface area contributed by atoms with E-state index in [2.05, 4.69) is 0 Å². The van der Waals surface area contributed by atoms with Crippen molar-refractivity contribution in [2.24, 2.45) is 0 Å². The van der Waals surface area contributed by atoms with E-state index < -0.39 is 12.1 Å². The lowest BCUT2D eigenvalue weighted by atomic mass is 9.95. The minimum absolute atomic E-state index is 0.00988. The molecule has 1 heterocycles. The van der Waals surface area contributed by atoms with Crippen LogP contribution in [0.15, 0.2) is 18.2 Å². The fourth-order valence-corrected chi connectivity index (χ4v) is 2.07. The number of amides is 1. The molecular weight excluding hydrogens is 245 g/mol. The highest BCUT2D eigenvalue weighted by atomic mass is 19.4. The van der Waals surface area contributed by atoms with Gasteiger partial charge in [-0.15, -0.1) is 0 Å². The van der Waals surface area contributed by atoms with E-state index in [9.17, 15) is 18.0 Å². The Bertz CT molecular complexity index is 531. The topological polar surface area (TPSA) is 44.1 Å². The predicted octanol–water partition coefficient (Wildman–Crippen LogP) is 2.01. The van der Waals surface area contributed by atoms with Crippen molar-refractivity contribution in [2.45, 2.75) is 19.1 Å². The fourth-order valence-electron chi connectivity index (χ4n) is 2.07. The lowest BCUT2D eigenvalue weighted by molar-refractivity contribution is -0.186. The third-order valence-corrected chi connectivity index (χ3v) is 2.92. The number of rotatable bonds is 0. The second-order valence-electron chi connectivity index (χ2n) is 4.03. The van der Waals surface area contributed by atoms with Crippen molar-refractivity contribution >= 4 is 5.91 Å². The van der Waals surface area contributed by atoms with Gasteiger partial charge in [0.25, 0.3) is 0 Å². The molecule has 2 rings (SSSR count). The Labute approximate surface area is 101 Å². The first-order chi connectivity index (χ1) is 8.43. The number of hydrogen-bond donors (Lipinski definition) is 0. The van der Waals surface area contributed by atoms with E-state index >= 15 is 0 Å². The highest BCUT2D eigenvalue weighted by Crippen LogP contribution is 2.26. The van der Waals surface area contributed by atoms with Gasteiger partial charge in [-0.2, -0.15) is 18.4 Å². The summed E-state index contributed by atoms with van der Waals surface area (Å²) in [5.74, 6) is -1.82. The normalized spacial score (nSPS) is 14.9. The maximum atomic E-state index is 12.3. The van der Waals surface area contributed by atoms with Gasteiger partial charge in [-0.3, -0.25) is 4.79 Å². The van der Waals surface area contributed by atoms with E-state index in [1.807, 2.05) is 6.07 Å². The van der Waals surface area contributed by atoms with Gasteiger partial charge in [0.05, 0.1) is 11.6 Å². The third-order valence-electron chi connectivity index (χ3n) is 2.92. The molecule has 94 valence electrons. The molecule has 0 aliphatic carbocycles. The minimum atomic E-state index is -4.84. The quantitative estimate of drug-likeness (QED) is 0.710. The molecule has 6 heteroatoms. The Morgan fingerprint density at radius 2 is 2.11 bits per heavy atom. The van der Waals surface area contributed by atoms with Crippen molar-refractivity contribution in [1.29, 1.82) is 5.26 Å². The Morgan fingerprint density at radius 3 is 2.72 bits per heavy atom. The number of nitrogens with zero attached hydrogens (tertiary/aromatic N) is 2. The Morgan fingerprint density at radius 1 is 1.39 bits per heavy atom. The summed E-state index contributed by atoms with van der Waals surface area (Å²) in [7, 11) is 0. The van der Waals surface area contributed by atoms with Crippen LogP contribution in [-0.2, 0) is 17.8 Å². The van der Waals surface area contributed by atoms with E-state index in [4.69, 9.17) is 5.26 Å². The molecule has 0 atom stereocenters. The predicted molar refractivity (Wildman–Crippen MR) is 56.3 cm³/mol. The number of carbonyl (C=O) groups is 1. The summed E-state index contributed by atoms with van der Waals surface area (Å²) < 4.78 is 36.9. The molecule has 0 bridgehead atoms. The molecule has 0 fully saturated rings. The summed E-state index contributed by atoms with van der Waals surface area (Å²) in [6.07, 6.45) is -4.56. The lowest BCUT2D eigenvalue weighted by Gasteiger charge is -2.29. The number of halogens is 3. The van der Waals surface area contributed by atoms with Gasteiger partial charge in [0, 0.05) is 13.1 Å². The molecule has 1 aliphatic rings.